The highest BCUT2D eigenvalue weighted by Crippen LogP contribution is 2.23. The Hall–Kier alpha value is -3.44. The van der Waals surface area contributed by atoms with Gasteiger partial charge in [-0.2, -0.15) is 5.26 Å². The van der Waals surface area contributed by atoms with Gasteiger partial charge in [0.15, 0.2) is 0 Å². The molecule has 1 amide bonds. The average Bonchev–Trinajstić information content (AvgIpc) is 3.06. The summed E-state index contributed by atoms with van der Waals surface area (Å²) in [4.78, 5) is 30.6. The molecule has 0 atom stereocenters. The molecule has 0 saturated heterocycles. The summed E-state index contributed by atoms with van der Waals surface area (Å²) in [6.07, 6.45) is 1.69. The zero-order chi connectivity index (χ0) is 20.1. The Morgan fingerprint density at radius 3 is 2.86 bits per heavy atom. The Kier molecular flexibility index (Phi) is 5.87. The molecule has 2 aromatic heterocycles. The highest BCUT2D eigenvalue weighted by Gasteiger charge is 2.22. The molecule has 0 aliphatic rings. The number of hydrogen-bond acceptors (Lipinski definition) is 6. The first kappa shape index (κ1) is 19.3. The maximum atomic E-state index is 13.0. The van der Waals surface area contributed by atoms with E-state index in [1.807, 2.05) is 13.0 Å². The molecule has 142 valence electrons. The number of hydrogen-bond donors (Lipinski definition) is 0. The fourth-order valence-corrected chi connectivity index (χ4v) is 2.78. The predicted molar refractivity (Wildman–Crippen MR) is 103 cm³/mol. The number of nitrogens with zero attached hydrogens (tertiary/aromatic N) is 5. The molecule has 1 aromatic carbocycles. The first-order valence-corrected chi connectivity index (χ1v) is 8.80. The van der Waals surface area contributed by atoms with E-state index in [0.29, 0.717) is 16.4 Å². The van der Waals surface area contributed by atoms with Crippen LogP contribution in [0.5, 0.6) is 0 Å². The van der Waals surface area contributed by atoms with Gasteiger partial charge in [-0.25, -0.2) is 9.36 Å². The van der Waals surface area contributed by atoms with Gasteiger partial charge < -0.3 is 4.90 Å². The minimum absolute atomic E-state index is 0.138. The molecule has 0 aliphatic heterocycles. The van der Waals surface area contributed by atoms with Crippen LogP contribution in [0.25, 0.3) is 11.5 Å². The standard InChI is InChI=1S/C19H16ClN5O3/c1-13-11-14(6-7-15(13)20)24(10-4-8-21)17(26)12-25-18(23-28-19(25)27)16-5-2-3-9-22-16/h2-3,5-7,9,11H,4,10,12H2,1H3. The predicted octanol–water partition coefficient (Wildman–Crippen LogP) is 2.81. The Morgan fingerprint density at radius 1 is 1.36 bits per heavy atom. The Balaban J connectivity index is 1.93. The number of pyridine rings is 1. The monoisotopic (exact) mass is 397 g/mol. The van der Waals surface area contributed by atoms with Gasteiger partial charge in [-0.05, 0) is 42.8 Å². The third-order valence-electron chi connectivity index (χ3n) is 4.08. The minimum atomic E-state index is -0.762. The Morgan fingerprint density at radius 2 is 2.18 bits per heavy atom. The van der Waals surface area contributed by atoms with Gasteiger partial charge in [-0.1, -0.05) is 22.8 Å². The molecule has 0 bridgehead atoms. The van der Waals surface area contributed by atoms with Crippen LogP contribution in [0.2, 0.25) is 5.02 Å². The highest BCUT2D eigenvalue weighted by atomic mass is 35.5. The van der Waals surface area contributed by atoms with Crippen molar-refractivity contribution in [3.8, 4) is 17.6 Å². The minimum Gasteiger partial charge on any atom is -0.310 e. The number of benzene rings is 1. The molecule has 3 aromatic rings. The third-order valence-corrected chi connectivity index (χ3v) is 4.50. The molecular formula is C19H16ClN5O3. The lowest BCUT2D eigenvalue weighted by Crippen LogP contribution is -2.36. The zero-order valence-corrected chi connectivity index (χ0v) is 15.8. The van der Waals surface area contributed by atoms with Crippen molar-refractivity contribution < 1.29 is 9.32 Å². The van der Waals surface area contributed by atoms with Crippen molar-refractivity contribution in [1.29, 1.82) is 5.26 Å². The zero-order valence-electron chi connectivity index (χ0n) is 15.0. The SMILES string of the molecule is Cc1cc(N(CCC#N)C(=O)Cn2c(-c3ccccn3)noc2=O)ccc1Cl. The van der Waals surface area contributed by atoms with Gasteiger partial charge in [0.05, 0.1) is 12.5 Å². The van der Waals surface area contributed by atoms with E-state index >= 15 is 0 Å². The normalized spacial score (nSPS) is 10.5. The molecule has 9 heteroatoms. The number of carbonyl (C=O) groups excluding carboxylic acids is 1. The van der Waals surface area contributed by atoms with Crippen molar-refractivity contribution in [2.24, 2.45) is 0 Å². The smallest absolute Gasteiger partial charge is 0.310 e. The highest BCUT2D eigenvalue weighted by molar-refractivity contribution is 6.31. The molecule has 0 saturated carbocycles. The van der Waals surface area contributed by atoms with E-state index in [9.17, 15) is 9.59 Å². The molecular weight excluding hydrogens is 382 g/mol. The second-order valence-corrected chi connectivity index (χ2v) is 6.37. The van der Waals surface area contributed by atoms with E-state index in [2.05, 4.69) is 10.1 Å². The summed E-state index contributed by atoms with van der Waals surface area (Å²) in [6, 6.07) is 12.3. The van der Waals surface area contributed by atoms with Gasteiger partial charge in [0, 0.05) is 23.5 Å². The van der Waals surface area contributed by atoms with Crippen LogP contribution < -0.4 is 10.7 Å². The summed E-state index contributed by atoms with van der Waals surface area (Å²) in [6.45, 7) is 1.69. The summed E-state index contributed by atoms with van der Waals surface area (Å²) in [7, 11) is 0. The third kappa shape index (κ3) is 4.10. The quantitative estimate of drug-likeness (QED) is 0.633. The molecule has 28 heavy (non-hydrogen) atoms. The van der Waals surface area contributed by atoms with Crippen molar-refractivity contribution in [2.75, 3.05) is 11.4 Å². The number of amides is 1. The van der Waals surface area contributed by atoms with Crippen molar-refractivity contribution in [3.63, 3.8) is 0 Å². The van der Waals surface area contributed by atoms with E-state index in [4.69, 9.17) is 21.4 Å². The molecule has 0 N–H and O–H groups in total. The number of rotatable bonds is 6. The number of anilines is 1. The molecule has 0 unspecified atom stereocenters. The summed E-state index contributed by atoms with van der Waals surface area (Å²) in [5.41, 5.74) is 1.79. The molecule has 0 aliphatic carbocycles. The van der Waals surface area contributed by atoms with Crippen LogP contribution in [0.1, 0.15) is 12.0 Å². The van der Waals surface area contributed by atoms with Gasteiger partial charge in [-0.15, -0.1) is 0 Å². The molecule has 3 rings (SSSR count). The topological polar surface area (TPSA) is 105 Å². The number of nitriles is 1. The van der Waals surface area contributed by atoms with Crippen molar-refractivity contribution in [2.45, 2.75) is 19.9 Å². The summed E-state index contributed by atoms with van der Waals surface area (Å²) in [5, 5.41) is 13.2. The van der Waals surface area contributed by atoms with Crippen molar-refractivity contribution in [3.05, 3.63) is 63.7 Å². The van der Waals surface area contributed by atoms with Crippen LogP contribution in [0.3, 0.4) is 0 Å². The summed E-state index contributed by atoms with van der Waals surface area (Å²) < 4.78 is 5.85. The fourth-order valence-electron chi connectivity index (χ4n) is 2.66. The number of aryl methyl sites for hydroxylation is 1. The maximum absolute atomic E-state index is 13.0. The van der Waals surface area contributed by atoms with E-state index in [1.54, 1.807) is 42.6 Å². The molecule has 8 nitrogen and oxygen atoms in total. The van der Waals surface area contributed by atoms with E-state index in [-0.39, 0.29) is 31.2 Å². The molecule has 0 spiro atoms. The fraction of sp³-hybridized carbons (Fsp3) is 0.211. The van der Waals surface area contributed by atoms with Crippen LogP contribution in [-0.2, 0) is 11.3 Å². The molecule has 0 radical (unpaired) electrons. The first-order chi connectivity index (χ1) is 13.5. The van der Waals surface area contributed by atoms with Gasteiger partial charge in [-0.3, -0.25) is 14.3 Å². The van der Waals surface area contributed by atoms with Crippen LogP contribution in [-0.4, -0.2) is 27.2 Å². The first-order valence-electron chi connectivity index (χ1n) is 8.42. The Bertz CT molecular complexity index is 1080. The largest absolute Gasteiger partial charge is 0.442 e. The number of aromatic nitrogens is 3. The van der Waals surface area contributed by atoms with E-state index in [0.717, 1.165) is 10.1 Å². The molecule has 2 heterocycles. The summed E-state index contributed by atoms with van der Waals surface area (Å²) >= 11 is 6.06. The lowest BCUT2D eigenvalue weighted by Gasteiger charge is -2.22. The second kappa shape index (κ2) is 8.50. The van der Waals surface area contributed by atoms with Crippen LogP contribution in [0.15, 0.2) is 51.9 Å². The number of halogens is 1. The van der Waals surface area contributed by atoms with Gasteiger partial charge >= 0.3 is 5.76 Å². The lowest BCUT2D eigenvalue weighted by atomic mass is 10.2. The van der Waals surface area contributed by atoms with Gasteiger partial charge in [0.25, 0.3) is 0 Å². The summed E-state index contributed by atoms with van der Waals surface area (Å²) in [5.74, 6) is -0.993. The average molecular weight is 398 g/mol. The van der Waals surface area contributed by atoms with Crippen LogP contribution >= 0.6 is 11.6 Å². The van der Waals surface area contributed by atoms with E-state index in [1.165, 1.54) is 4.90 Å². The Labute approximate surface area is 165 Å². The van der Waals surface area contributed by atoms with Crippen molar-refractivity contribution >= 4 is 23.2 Å². The van der Waals surface area contributed by atoms with E-state index < -0.39 is 5.76 Å². The van der Waals surface area contributed by atoms with Crippen molar-refractivity contribution in [1.82, 2.24) is 14.7 Å². The van der Waals surface area contributed by atoms with Gasteiger partial charge in [0.2, 0.25) is 11.7 Å². The molecule has 0 fully saturated rings. The maximum Gasteiger partial charge on any atom is 0.442 e. The lowest BCUT2D eigenvalue weighted by molar-refractivity contribution is -0.119. The number of carbonyl (C=O) groups is 1. The van der Waals surface area contributed by atoms with Crippen LogP contribution in [0.4, 0.5) is 5.69 Å². The second-order valence-electron chi connectivity index (χ2n) is 5.96. The van der Waals surface area contributed by atoms with Gasteiger partial charge in [0.1, 0.15) is 12.2 Å². The van der Waals surface area contributed by atoms with Crippen LogP contribution in [0, 0.1) is 18.3 Å².